The van der Waals surface area contributed by atoms with Crippen LogP contribution >= 0.6 is 11.9 Å². The number of halogens is 2. The fraction of sp³-hybridized carbons (Fsp3) is 0.316. The quantitative estimate of drug-likeness (QED) is 0.288. The lowest BCUT2D eigenvalue weighted by molar-refractivity contribution is -0.133. The molecule has 1 saturated heterocycles. The van der Waals surface area contributed by atoms with Crippen LogP contribution in [-0.4, -0.2) is 78.3 Å². The van der Waals surface area contributed by atoms with Crippen molar-refractivity contribution in [3.8, 4) is 5.88 Å². The molecule has 1 aromatic carbocycles. The highest BCUT2D eigenvalue weighted by Crippen LogP contribution is 2.34. The molecule has 162 valence electrons. The van der Waals surface area contributed by atoms with Gasteiger partial charge in [-0.15, -0.1) is 0 Å². The molecule has 0 atom stereocenters. The van der Waals surface area contributed by atoms with E-state index in [1.807, 2.05) is 6.07 Å². The standard InChI is InChI=1S/C19H19BF2N4O4S/c20-15(27)10-16(28)24-11-17(29)25-6-8-26(9-7-25)31-14-3-1-2-13-12(14)4-5-23-18(13)30-19(21)22/h1-5,10,19,27H,6-9,11H2,(H,24,28)/b15-10-. The zero-order valence-corrected chi connectivity index (χ0v) is 17.1. The summed E-state index contributed by atoms with van der Waals surface area (Å²) in [6.45, 7) is -1.07. The number of rotatable bonds is 7. The van der Waals surface area contributed by atoms with E-state index in [9.17, 15) is 18.4 Å². The largest absolute Gasteiger partial charge is 0.524 e. The number of piperazine rings is 1. The lowest BCUT2D eigenvalue weighted by Crippen LogP contribution is -2.49. The summed E-state index contributed by atoms with van der Waals surface area (Å²) in [5.74, 6) is -1.01. The summed E-state index contributed by atoms with van der Waals surface area (Å²) in [5, 5.41) is 12.4. The first-order valence-corrected chi connectivity index (χ1v) is 10.1. The van der Waals surface area contributed by atoms with Gasteiger partial charge in [-0.25, -0.2) is 9.29 Å². The molecular weight excluding hydrogens is 429 g/mol. The predicted molar refractivity (Wildman–Crippen MR) is 112 cm³/mol. The molecule has 2 aromatic rings. The number of amides is 2. The van der Waals surface area contributed by atoms with Gasteiger partial charge in [0.25, 0.3) is 0 Å². The summed E-state index contributed by atoms with van der Waals surface area (Å²) in [6, 6.07) is 7.05. The highest BCUT2D eigenvalue weighted by atomic mass is 32.2. The molecule has 3 rings (SSSR count). The maximum atomic E-state index is 12.6. The van der Waals surface area contributed by atoms with Crippen LogP contribution in [0.4, 0.5) is 8.78 Å². The average Bonchev–Trinajstić information content (AvgIpc) is 2.72. The van der Waals surface area contributed by atoms with Crippen molar-refractivity contribution in [1.29, 1.82) is 0 Å². The lowest BCUT2D eigenvalue weighted by atomic mass is 10.1. The molecule has 2 radical (unpaired) electrons. The van der Waals surface area contributed by atoms with Gasteiger partial charge in [-0.1, -0.05) is 6.07 Å². The Morgan fingerprint density at radius 1 is 1.26 bits per heavy atom. The van der Waals surface area contributed by atoms with Crippen LogP contribution in [0.5, 0.6) is 5.88 Å². The highest BCUT2D eigenvalue weighted by molar-refractivity contribution is 7.97. The van der Waals surface area contributed by atoms with E-state index in [-0.39, 0.29) is 18.3 Å². The minimum atomic E-state index is -2.96. The molecule has 1 aliphatic heterocycles. The van der Waals surface area contributed by atoms with Crippen LogP contribution in [0.1, 0.15) is 0 Å². The van der Waals surface area contributed by atoms with Crippen molar-refractivity contribution >= 4 is 42.4 Å². The Hall–Kier alpha value is -2.86. The van der Waals surface area contributed by atoms with Crippen LogP contribution in [0.15, 0.2) is 47.1 Å². The third-order valence-corrected chi connectivity index (χ3v) is 5.62. The Morgan fingerprint density at radius 3 is 2.68 bits per heavy atom. The van der Waals surface area contributed by atoms with Crippen LogP contribution in [0.25, 0.3) is 10.8 Å². The summed E-state index contributed by atoms with van der Waals surface area (Å²) in [6.07, 6.45) is 2.22. The minimum Gasteiger partial charge on any atom is -0.524 e. The van der Waals surface area contributed by atoms with Crippen LogP contribution in [-0.2, 0) is 9.59 Å². The first-order chi connectivity index (χ1) is 14.8. The molecule has 2 heterocycles. The van der Waals surface area contributed by atoms with Gasteiger partial charge in [0.15, 0.2) is 7.85 Å². The summed E-state index contributed by atoms with van der Waals surface area (Å²) in [7, 11) is 4.99. The topological polar surface area (TPSA) is 95.0 Å². The molecule has 8 nitrogen and oxygen atoms in total. The highest BCUT2D eigenvalue weighted by Gasteiger charge is 2.22. The van der Waals surface area contributed by atoms with E-state index >= 15 is 0 Å². The van der Waals surface area contributed by atoms with Crippen molar-refractivity contribution in [2.24, 2.45) is 0 Å². The molecule has 0 bridgehead atoms. The number of carbonyl (C=O) groups is 2. The molecule has 1 aliphatic rings. The number of aliphatic hydroxyl groups excluding tert-OH is 1. The number of nitrogens with zero attached hydrogens (tertiary/aromatic N) is 3. The number of ether oxygens (including phenoxy) is 1. The third kappa shape index (κ3) is 6.31. The minimum absolute atomic E-state index is 0.120. The zero-order chi connectivity index (χ0) is 22.4. The molecule has 1 fully saturated rings. The SMILES string of the molecule is [B]/C(O)=C/C(=O)NCC(=O)N1CCN(Sc2cccc3c(OC(F)F)nccc23)CC1. The molecule has 0 aliphatic carbocycles. The molecule has 2 N–H and O–H groups in total. The van der Waals surface area contributed by atoms with E-state index in [1.54, 1.807) is 23.1 Å². The normalized spacial score (nSPS) is 15.3. The Balaban J connectivity index is 1.57. The maximum Gasteiger partial charge on any atom is 0.388 e. The summed E-state index contributed by atoms with van der Waals surface area (Å²) < 4.78 is 31.8. The van der Waals surface area contributed by atoms with E-state index in [4.69, 9.17) is 13.0 Å². The molecular formula is C19H19BF2N4O4S. The monoisotopic (exact) mass is 448 g/mol. The van der Waals surface area contributed by atoms with Gasteiger partial charge in [-0.3, -0.25) is 9.59 Å². The smallest absolute Gasteiger partial charge is 0.388 e. The van der Waals surface area contributed by atoms with Crippen LogP contribution < -0.4 is 10.1 Å². The Morgan fingerprint density at radius 2 is 2.00 bits per heavy atom. The van der Waals surface area contributed by atoms with Crippen LogP contribution in [0.3, 0.4) is 0 Å². The summed E-state index contributed by atoms with van der Waals surface area (Å²) in [5.41, 5.74) is -0.632. The Kier molecular flexibility index (Phi) is 7.69. The molecule has 0 spiro atoms. The molecule has 1 aromatic heterocycles. The second-order valence-corrected chi connectivity index (χ2v) is 7.67. The van der Waals surface area contributed by atoms with Gasteiger partial charge >= 0.3 is 6.61 Å². The molecule has 0 saturated carbocycles. The van der Waals surface area contributed by atoms with Crippen molar-refractivity contribution < 1.29 is 28.2 Å². The maximum absolute atomic E-state index is 12.6. The predicted octanol–water partition coefficient (Wildman–Crippen LogP) is 1.67. The van der Waals surface area contributed by atoms with E-state index in [2.05, 4.69) is 19.3 Å². The number of aromatic nitrogens is 1. The van der Waals surface area contributed by atoms with Crippen LogP contribution in [0.2, 0.25) is 0 Å². The fourth-order valence-corrected chi connectivity index (χ4v) is 4.08. The number of benzene rings is 1. The number of nitrogens with one attached hydrogen (secondary N) is 1. The van der Waals surface area contributed by atoms with Gasteiger partial charge < -0.3 is 20.1 Å². The molecule has 31 heavy (non-hydrogen) atoms. The third-order valence-electron chi connectivity index (χ3n) is 4.44. The number of hydrogen-bond donors (Lipinski definition) is 2. The lowest BCUT2D eigenvalue weighted by Gasteiger charge is -2.34. The number of fused-ring (bicyclic) bond motifs is 1. The number of pyridine rings is 1. The van der Waals surface area contributed by atoms with E-state index in [1.165, 1.54) is 18.1 Å². The van der Waals surface area contributed by atoms with Crippen molar-refractivity contribution in [2.45, 2.75) is 11.5 Å². The van der Waals surface area contributed by atoms with E-state index in [0.29, 0.717) is 31.6 Å². The van der Waals surface area contributed by atoms with Crippen LogP contribution in [0, 0.1) is 0 Å². The molecule has 12 heteroatoms. The summed E-state index contributed by atoms with van der Waals surface area (Å²) in [4.78, 5) is 30.0. The number of alkyl halides is 2. The van der Waals surface area contributed by atoms with Gasteiger partial charge in [0.2, 0.25) is 17.7 Å². The fourth-order valence-electron chi connectivity index (χ4n) is 3.04. The van der Waals surface area contributed by atoms with Gasteiger partial charge in [-0.05, 0) is 30.1 Å². The zero-order valence-electron chi connectivity index (χ0n) is 16.3. The second-order valence-electron chi connectivity index (χ2n) is 6.53. The average molecular weight is 448 g/mol. The Labute approximate surface area is 182 Å². The van der Waals surface area contributed by atoms with Gasteiger partial charge in [0, 0.05) is 59.8 Å². The van der Waals surface area contributed by atoms with E-state index in [0.717, 1.165) is 16.4 Å². The first kappa shape index (κ1) is 22.8. The van der Waals surface area contributed by atoms with Crippen molar-refractivity contribution in [3.05, 3.63) is 42.2 Å². The van der Waals surface area contributed by atoms with Crippen molar-refractivity contribution in [1.82, 2.24) is 19.5 Å². The molecule has 2 amide bonds. The van der Waals surface area contributed by atoms with Gasteiger partial charge in [0.05, 0.1) is 6.54 Å². The number of hydrogen-bond acceptors (Lipinski definition) is 7. The van der Waals surface area contributed by atoms with Crippen molar-refractivity contribution in [2.75, 3.05) is 32.7 Å². The van der Waals surface area contributed by atoms with E-state index < -0.39 is 18.2 Å². The Bertz CT molecular complexity index is 983. The second kappa shape index (κ2) is 10.4. The van der Waals surface area contributed by atoms with Gasteiger partial charge in [0.1, 0.15) is 0 Å². The van der Waals surface area contributed by atoms with Gasteiger partial charge in [-0.2, -0.15) is 8.78 Å². The summed E-state index contributed by atoms with van der Waals surface area (Å²) >= 11 is 1.47. The number of aliphatic hydroxyl groups is 1. The first-order valence-electron chi connectivity index (χ1n) is 9.30. The number of carbonyl (C=O) groups excluding carboxylic acids is 2. The van der Waals surface area contributed by atoms with Crippen molar-refractivity contribution in [3.63, 3.8) is 0 Å². The molecule has 0 unspecified atom stereocenters.